The molecule has 0 rings (SSSR count). The fraction of sp³-hybridized carbons (Fsp3) is 0.778. The Kier molecular flexibility index (Phi) is 4.30. The highest BCUT2D eigenvalue weighted by Crippen LogP contribution is 2.19. The third kappa shape index (κ3) is 6.93. The Morgan fingerprint density at radius 1 is 1.13 bits per heavy atom. The van der Waals surface area contributed by atoms with Crippen LogP contribution in [0.4, 0.5) is 13.2 Å². The average molecular weight is 225 g/mol. The first-order chi connectivity index (χ1) is 6.52. The maximum absolute atomic E-state index is 11.7. The van der Waals surface area contributed by atoms with Crippen LogP contribution in [-0.2, 0) is 9.59 Å². The van der Waals surface area contributed by atoms with Crippen LogP contribution in [-0.4, -0.2) is 24.4 Å². The molecule has 0 radical (unpaired) electrons. The van der Waals surface area contributed by atoms with E-state index in [4.69, 9.17) is 0 Å². The topological polar surface area (TPSA) is 46.2 Å². The van der Waals surface area contributed by atoms with Crippen LogP contribution in [0.5, 0.6) is 0 Å². The van der Waals surface area contributed by atoms with Gasteiger partial charge in [-0.05, 0) is 0 Å². The molecular formula is C9H14F3NO2. The molecule has 0 aliphatic rings. The predicted molar refractivity (Wildman–Crippen MR) is 48.1 cm³/mol. The van der Waals surface area contributed by atoms with Gasteiger partial charge in [0.15, 0.2) is 5.78 Å². The van der Waals surface area contributed by atoms with Gasteiger partial charge in [-0.15, -0.1) is 0 Å². The van der Waals surface area contributed by atoms with Crippen molar-refractivity contribution in [1.82, 2.24) is 5.32 Å². The maximum atomic E-state index is 11.7. The molecule has 0 aromatic heterocycles. The molecule has 0 spiro atoms. The van der Waals surface area contributed by atoms with Gasteiger partial charge in [-0.2, -0.15) is 13.2 Å². The van der Waals surface area contributed by atoms with Crippen LogP contribution in [0.3, 0.4) is 0 Å². The lowest BCUT2D eigenvalue weighted by atomic mass is 9.91. The Balaban J connectivity index is 3.98. The van der Waals surface area contributed by atoms with Gasteiger partial charge >= 0.3 is 6.18 Å². The van der Waals surface area contributed by atoms with Crippen molar-refractivity contribution in [1.29, 1.82) is 0 Å². The Morgan fingerprint density at radius 2 is 1.60 bits per heavy atom. The van der Waals surface area contributed by atoms with Gasteiger partial charge in [-0.3, -0.25) is 9.59 Å². The van der Waals surface area contributed by atoms with Crippen LogP contribution in [0.25, 0.3) is 0 Å². The lowest BCUT2D eigenvalue weighted by Gasteiger charge is -2.16. The number of alkyl halides is 3. The zero-order valence-electron chi connectivity index (χ0n) is 8.86. The summed E-state index contributed by atoms with van der Waals surface area (Å²) in [5.41, 5.74) is -0.661. The van der Waals surface area contributed by atoms with Gasteiger partial charge in [0.05, 0.1) is 6.54 Å². The molecule has 0 aliphatic carbocycles. The first kappa shape index (κ1) is 13.9. The molecule has 0 aromatic rings. The fourth-order valence-corrected chi connectivity index (χ4v) is 0.689. The summed E-state index contributed by atoms with van der Waals surface area (Å²) >= 11 is 0. The van der Waals surface area contributed by atoms with Crippen LogP contribution in [0.1, 0.15) is 27.2 Å². The second-order valence-electron chi connectivity index (χ2n) is 4.24. The Bertz CT molecular complexity index is 253. The molecule has 0 saturated heterocycles. The number of Topliss-reactive ketones (excluding diaryl/α,β-unsaturated/α-hetero) is 1. The molecule has 0 saturated carbocycles. The van der Waals surface area contributed by atoms with Gasteiger partial charge in [0.25, 0.3) is 0 Å². The lowest BCUT2D eigenvalue weighted by Crippen LogP contribution is -2.37. The van der Waals surface area contributed by atoms with Crippen molar-refractivity contribution >= 4 is 11.7 Å². The number of carbonyl (C=O) groups is 2. The second-order valence-corrected chi connectivity index (χ2v) is 4.24. The molecule has 0 atom stereocenters. The van der Waals surface area contributed by atoms with Gasteiger partial charge in [0.2, 0.25) is 5.91 Å². The summed E-state index contributed by atoms with van der Waals surface area (Å²) in [5.74, 6) is -1.49. The molecule has 1 amide bonds. The number of amides is 1. The number of carbonyl (C=O) groups excluding carboxylic acids is 2. The summed E-state index contributed by atoms with van der Waals surface area (Å²) in [6.45, 7) is 4.53. The summed E-state index contributed by atoms with van der Waals surface area (Å²) < 4.78 is 35.2. The van der Waals surface area contributed by atoms with Gasteiger partial charge < -0.3 is 5.32 Å². The van der Waals surface area contributed by atoms with Crippen molar-refractivity contribution in [3.63, 3.8) is 0 Å². The molecule has 6 heteroatoms. The van der Waals surface area contributed by atoms with Gasteiger partial charge in [-0.1, -0.05) is 20.8 Å². The van der Waals surface area contributed by atoms with E-state index in [2.05, 4.69) is 0 Å². The van der Waals surface area contributed by atoms with Crippen LogP contribution in [0.2, 0.25) is 0 Å². The lowest BCUT2D eigenvalue weighted by molar-refractivity contribution is -0.154. The largest absolute Gasteiger partial charge is 0.397 e. The number of nitrogens with one attached hydrogen (secondary N) is 1. The number of hydrogen-bond donors (Lipinski definition) is 1. The zero-order valence-corrected chi connectivity index (χ0v) is 8.86. The minimum absolute atomic E-state index is 0.307. The highest BCUT2D eigenvalue weighted by molar-refractivity contribution is 5.89. The van der Waals surface area contributed by atoms with Crippen LogP contribution < -0.4 is 5.32 Å². The van der Waals surface area contributed by atoms with Crippen LogP contribution in [0.15, 0.2) is 0 Å². The molecule has 88 valence electrons. The number of halogens is 3. The van der Waals surface area contributed by atoms with Crippen molar-refractivity contribution in [3.05, 3.63) is 0 Å². The molecule has 0 fully saturated rings. The molecule has 0 bridgehead atoms. The summed E-state index contributed by atoms with van der Waals surface area (Å²) in [6, 6.07) is 0. The molecule has 0 aliphatic heterocycles. The van der Waals surface area contributed by atoms with Crippen molar-refractivity contribution in [2.75, 3.05) is 6.54 Å². The fourth-order valence-electron chi connectivity index (χ4n) is 0.689. The number of hydrogen-bond acceptors (Lipinski definition) is 2. The Hall–Kier alpha value is -1.07. The van der Waals surface area contributed by atoms with E-state index in [1.54, 1.807) is 20.8 Å². The number of ketones is 1. The van der Waals surface area contributed by atoms with E-state index < -0.39 is 23.9 Å². The van der Waals surface area contributed by atoms with E-state index in [9.17, 15) is 22.8 Å². The van der Waals surface area contributed by atoms with E-state index in [1.165, 1.54) is 0 Å². The van der Waals surface area contributed by atoms with Crippen molar-refractivity contribution in [3.8, 4) is 0 Å². The molecule has 3 nitrogen and oxygen atoms in total. The first-order valence-corrected chi connectivity index (χ1v) is 4.39. The molecule has 0 aromatic carbocycles. The standard InChI is InChI=1S/C9H14F3NO2/c1-8(2,3)6(14)5-13-7(15)4-9(10,11)12/h4-5H2,1-3H3,(H,13,15). The number of rotatable bonds is 3. The van der Waals surface area contributed by atoms with E-state index in [-0.39, 0.29) is 12.3 Å². The van der Waals surface area contributed by atoms with E-state index >= 15 is 0 Å². The van der Waals surface area contributed by atoms with Crippen LogP contribution >= 0.6 is 0 Å². The van der Waals surface area contributed by atoms with Gasteiger partial charge in [0, 0.05) is 5.41 Å². The Morgan fingerprint density at radius 3 is 1.93 bits per heavy atom. The molecule has 1 N–H and O–H groups in total. The highest BCUT2D eigenvalue weighted by atomic mass is 19.4. The molecule has 15 heavy (non-hydrogen) atoms. The third-order valence-corrected chi connectivity index (χ3v) is 1.64. The quantitative estimate of drug-likeness (QED) is 0.794. The van der Waals surface area contributed by atoms with E-state index in [0.717, 1.165) is 0 Å². The molecule has 0 unspecified atom stereocenters. The zero-order chi connectivity index (χ0) is 12.3. The summed E-state index contributed by atoms with van der Waals surface area (Å²) in [6.07, 6.45) is -6.08. The van der Waals surface area contributed by atoms with Crippen molar-refractivity contribution in [2.24, 2.45) is 5.41 Å². The van der Waals surface area contributed by atoms with Crippen molar-refractivity contribution in [2.45, 2.75) is 33.4 Å². The Labute approximate surface area is 86.0 Å². The SMILES string of the molecule is CC(C)(C)C(=O)CNC(=O)CC(F)(F)F. The summed E-state index contributed by atoms with van der Waals surface area (Å²) in [4.78, 5) is 21.9. The smallest absolute Gasteiger partial charge is 0.349 e. The average Bonchev–Trinajstić information content (AvgIpc) is 1.94. The second kappa shape index (κ2) is 4.63. The highest BCUT2D eigenvalue weighted by Gasteiger charge is 2.31. The third-order valence-electron chi connectivity index (χ3n) is 1.64. The minimum atomic E-state index is -4.53. The van der Waals surface area contributed by atoms with E-state index in [1.807, 2.05) is 5.32 Å². The normalized spacial score (nSPS) is 12.4. The summed E-state index contributed by atoms with van der Waals surface area (Å²) in [7, 11) is 0. The molecular weight excluding hydrogens is 211 g/mol. The predicted octanol–water partition coefficient (Wildman–Crippen LogP) is 1.67. The van der Waals surface area contributed by atoms with Crippen molar-refractivity contribution < 1.29 is 22.8 Å². The maximum Gasteiger partial charge on any atom is 0.397 e. The van der Waals surface area contributed by atoms with Gasteiger partial charge in [0.1, 0.15) is 6.42 Å². The minimum Gasteiger partial charge on any atom is -0.349 e. The summed E-state index contributed by atoms with van der Waals surface area (Å²) in [5, 5.41) is 1.94. The monoisotopic (exact) mass is 225 g/mol. The van der Waals surface area contributed by atoms with Crippen LogP contribution in [0, 0.1) is 5.41 Å². The first-order valence-electron chi connectivity index (χ1n) is 4.39. The molecule has 0 heterocycles. The van der Waals surface area contributed by atoms with E-state index in [0.29, 0.717) is 0 Å². The van der Waals surface area contributed by atoms with Gasteiger partial charge in [-0.25, -0.2) is 0 Å².